The fourth-order valence-electron chi connectivity index (χ4n) is 1.56. The molecule has 0 bridgehead atoms. The van der Waals surface area contributed by atoms with E-state index in [0.29, 0.717) is 18.7 Å². The van der Waals surface area contributed by atoms with Gasteiger partial charge in [0, 0.05) is 18.7 Å². The van der Waals surface area contributed by atoms with E-state index in [1.54, 1.807) is 17.0 Å². The van der Waals surface area contributed by atoms with Crippen LogP contribution in [0.15, 0.2) is 24.3 Å². The summed E-state index contributed by atoms with van der Waals surface area (Å²) in [6, 6.07) is 11.3. The normalized spacial score (nSPS) is 9.28. The summed E-state index contributed by atoms with van der Waals surface area (Å²) >= 11 is 0. The maximum absolute atomic E-state index is 12.2. The fourth-order valence-corrected chi connectivity index (χ4v) is 1.56. The summed E-state index contributed by atoms with van der Waals surface area (Å²) in [5.41, 5.74) is 1.68. The van der Waals surface area contributed by atoms with Crippen LogP contribution in [-0.4, -0.2) is 23.9 Å². The van der Waals surface area contributed by atoms with Crippen LogP contribution in [0.3, 0.4) is 0 Å². The lowest BCUT2D eigenvalue weighted by molar-refractivity contribution is 0.0762. The van der Waals surface area contributed by atoms with Gasteiger partial charge < -0.3 is 4.90 Å². The first kappa shape index (κ1) is 13.7. The van der Waals surface area contributed by atoms with Crippen LogP contribution in [0.5, 0.6) is 0 Å². The smallest absolute Gasteiger partial charge is 0.253 e. The third kappa shape index (κ3) is 3.92. The Hall–Kier alpha value is -2.33. The maximum atomic E-state index is 12.2. The highest BCUT2D eigenvalue weighted by Gasteiger charge is 2.14. The van der Waals surface area contributed by atoms with Crippen molar-refractivity contribution in [3.05, 3.63) is 35.4 Å². The van der Waals surface area contributed by atoms with Gasteiger partial charge in [0.15, 0.2) is 0 Å². The zero-order chi connectivity index (χ0) is 13.4. The molecule has 0 aliphatic carbocycles. The van der Waals surface area contributed by atoms with Crippen LogP contribution in [0, 0.1) is 29.6 Å². The topological polar surface area (TPSA) is 67.9 Å². The molecule has 92 valence electrons. The first-order valence-electron chi connectivity index (χ1n) is 5.79. The van der Waals surface area contributed by atoms with Crippen LogP contribution >= 0.6 is 0 Å². The number of nitriles is 2. The summed E-state index contributed by atoms with van der Waals surface area (Å²) in [5.74, 6) is -0.125. The molecule has 1 rings (SSSR count). The van der Waals surface area contributed by atoms with Crippen molar-refractivity contribution in [1.29, 1.82) is 10.5 Å². The van der Waals surface area contributed by atoms with Crippen molar-refractivity contribution in [3.63, 3.8) is 0 Å². The van der Waals surface area contributed by atoms with Crippen molar-refractivity contribution in [2.45, 2.75) is 19.8 Å². The molecule has 1 aromatic rings. The first-order chi connectivity index (χ1) is 8.69. The van der Waals surface area contributed by atoms with Gasteiger partial charge in [-0.05, 0) is 19.1 Å². The average molecular weight is 241 g/mol. The molecule has 0 saturated heterocycles. The molecule has 1 aromatic carbocycles. The van der Waals surface area contributed by atoms with Crippen LogP contribution < -0.4 is 0 Å². The fraction of sp³-hybridized carbons (Fsp3) is 0.357. The largest absolute Gasteiger partial charge is 0.337 e. The zero-order valence-electron chi connectivity index (χ0n) is 10.4. The van der Waals surface area contributed by atoms with Crippen LogP contribution in [-0.2, 0) is 0 Å². The molecule has 0 radical (unpaired) electrons. The molecule has 0 unspecified atom stereocenters. The summed E-state index contributed by atoms with van der Waals surface area (Å²) in [4.78, 5) is 13.7. The summed E-state index contributed by atoms with van der Waals surface area (Å²) in [6.07, 6.45) is 0.562. The van der Waals surface area contributed by atoms with Gasteiger partial charge in [0.1, 0.15) is 0 Å². The maximum Gasteiger partial charge on any atom is 0.253 e. The molecule has 0 aromatic heterocycles. The number of carbonyl (C=O) groups excluding carboxylic acids is 1. The lowest BCUT2D eigenvalue weighted by Crippen LogP contribution is -2.32. The Bertz CT molecular complexity index is 461. The number of benzene rings is 1. The SMILES string of the molecule is Cc1ccc(C(=O)N(CCC#N)CCC#N)cc1. The van der Waals surface area contributed by atoms with E-state index in [4.69, 9.17) is 10.5 Å². The van der Waals surface area contributed by atoms with E-state index in [2.05, 4.69) is 0 Å². The monoisotopic (exact) mass is 241 g/mol. The van der Waals surface area contributed by atoms with E-state index in [1.165, 1.54) is 0 Å². The standard InChI is InChI=1S/C14H15N3O/c1-12-4-6-13(7-5-12)14(18)17(10-2-8-15)11-3-9-16/h4-7H,2-3,10-11H2,1H3. The molecule has 0 saturated carbocycles. The molecule has 4 heteroatoms. The molecule has 4 nitrogen and oxygen atoms in total. The molecule has 0 aliphatic heterocycles. The lowest BCUT2D eigenvalue weighted by Gasteiger charge is -2.20. The Kier molecular flexibility index (Phi) is 5.41. The summed E-state index contributed by atoms with van der Waals surface area (Å²) < 4.78 is 0. The molecule has 0 N–H and O–H groups in total. The van der Waals surface area contributed by atoms with E-state index in [-0.39, 0.29) is 18.7 Å². The molecule has 0 fully saturated rings. The highest BCUT2D eigenvalue weighted by atomic mass is 16.2. The average Bonchev–Trinajstić information content (AvgIpc) is 2.39. The molecule has 0 heterocycles. The lowest BCUT2D eigenvalue weighted by atomic mass is 10.1. The van der Waals surface area contributed by atoms with Crippen molar-refractivity contribution in [3.8, 4) is 12.1 Å². The molecule has 0 atom stereocenters. The van der Waals surface area contributed by atoms with E-state index in [1.807, 2.05) is 31.2 Å². The van der Waals surface area contributed by atoms with Crippen molar-refractivity contribution in [2.75, 3.05) is 13.1 Å². The Morgan fingerprint density at radius 3 is 2.06 bits per heavy atom. The van der Waals surface area contributed by atoms with E-state index in [0.717, 1.165) is 5.56 Å². The van der Waals surface area contributed by atoms with E-state index < -0.39 is 0 Å². The first-order valence-corrected chi connectivity index (χ1v) is 5.79. The predicted octanol–water partition coefficient (Wildman–Crippen LogP) is 2.26. The van der Waals surface area contributed by atoms with Gasteiger partial charge in [0.2, 0.25) is 0 Å². The van der Waals surface area contributed by atoms with Crippen molar-refractivity contribution >= 4 is 5.91 Å². The van der Waals surface area contributed by atoms with Gasteiger partial charge in [-0.2, -0.15) is 10.5 Å². The molecule has 0 aliphatic rings. The van der Waals surface area contributed by atoms with Gasteiger partial charge in [-0.1, -0.05) is 17.7 Å². The van der Waals surface area contributed by atoms with Crippen molar-refractivity contribution in [1.82, 2.24) is 4.90 Å². The van der Waals surface area contributed by atoms with Crippen LogP contribution in [0.2, 0.25) is 0 Å². The Morgan fingerprint density at radius 2 is 1.61 bits per heavy atom. The van der Waals surface area contributed by atoms with Crippen LogP contribution in [0.25, 0.3) is 0 Å². The second-order valence-electron chi connectivity index (χ2n) is 3.97. The summed E-state index contributed by atoms with van der Waals surface area (Å²) in [7, 11) is 0. The second-order valence-corrected chi connectivity index (χ2v) is 3.97. The van der Waals surface area contributed by atoms with Gasteiger partial charge in [-0.3, -0.25) is 4.79 Å². The van der Waals surface area contributed by atoms with Crippen LogP contribution in [0.1, 0.15) is 28.8 Å². The number of rotatable bonds is 5. The quantitative estimate of drug-likeness (QED) is 0.794. The van der Waals surface area contributed by atoms with E-state index >= 15 is 0 Å². The molecule has 18 heavy (non-hydrogen) atoms. The number of hydrogen-bond donors (Lipinski definition) is 0. The summed E-state index contributed by atoms with van der Waals surface area (Å²) in [5, 5.41) is 17.2. The molecule has 1 amide bonds. The summed E-state index contributed by atoms with van der Waals surface area (Å²) in [6.45, 7) is 2.69. The number of nitrogens with zero attached hydrogens (tertiary/aromatic N) is 3. The van der Waals surface area contributed by atoms with Gasteiger partial charge in [0.25, 0.3) is 5.91 Å². The van der Waals surface area contributed by atoms with Crippen LogP contribution in [0.4, 0.5) is 0 Å². The third-order valence-electron chi connectivity index (χ3n) is 2.57. The number of hydrogen-bond acceptors (Lipinski definition) is 3. The number of amides is 1. The van der Waals surface area contributed by atoms with Gasteiger partial charge in [-0.15, -0.1) is 0 Å². The second kappa shape index (κ2) is 7.09. The van der Waals surface area contributed by atoms with Crippen molar-refractivity contribution in [2.24, 2.45) is 0 Å². The number of aryl methyl sites for hydroxylation is 1. The number of carbonyl (C=O) groups is 1. The molecule has 0 spiro atoms. The predicted molar refractivity (Wildman–Crippen MR) is 67.5 cm³/mol. The minimum absolute atomic E-state index is 0.125. The molecular formula is C14H15N3O. The zero-order valence-corrected chi connectivity index (χ0v) is 10.4. The van der Waals surface area contributed by atoms with Gasteiger partial charge in [0.05, 0.1) is 25.0 Å². The Balaban J connectivity index is 2.78. The Morgan fingerprint density at radius 1 is 1.11 bits per heavy atom. The highest BCUT2D eigenvalue weighted by molar-refractivity contribution is 5.94. The minimum atomic E-state index is -0.125. The highest BCUT2D eigenvalue weighted by Crippen LogP contribution is 2.08. The van der Waals surface area contributed by atoms with E-state index in [9.17, 15) is 4.79 Å². The van der Waals surface area contributed by atoms with Gasteiger partial charge >= 0.3 is 0 Å². The Labute approximate surface area is 107 Å². The molecular weight excluding hydrogens is 226 g/mol. The van der Waals surface area contributed by atoms with Gasteiger partial charge in [-0.25, -0.2) is 0 Å². The minimum Gasteiger partial charge on any atom is -0.337 e. The van der Waals surface area contributed by atoms with Crippen molar-refractivity contribution < 1.29 is 4.79 Å². The third-order valence-corrected chi connectivity index (χ3v) is 2.57.